The summed E-state index contributed by atoms with van der Waals surface area (Å²) in [7, 11) is -1.27. The van der Waals surface area contributed by atoms with Crippen molar-refractivity contribution in [3.05, 3.63) is 0 Å². The maximum absolute atomic E-state index is 5.90. The molecule has 0 saturated carbocycles. The second-order valence-electron chi connectivity index (χ2n) is 9.32. The van der Waals surface area contributed by atoms with E-state index in [1.807, 2.05) is 0 Å². The van der Waals surface area contributed by atoms with Crippen LogP contribution >= 0.6 is 0 Å². The van der Waals surface area contributed by atoms with Crippen LogP contribution in [0.15, 0.2) is 0 Å². The first-order valence-corrected chi connectivity index (χ1v) is 15.6. The Morgan fingerprint density at radius 2 is 0.692 bits per heavy atom. The fourth-order valence-electron chi connectivity index (χ4n) is 3.56. The van der Waals surface area contributed by atoms with Crippen molar-refractivity contribution in [2.24, 2.45) is 0 Å². The molecule has 158 valence electrons. The van der Waals surface area contributed by atoms with Gasteiger partial charge in [0.15, 0.2) is 8.32 Å². The lowest BCUT2D eigenvalue weighted by Gasteiger charge is -2.16. The monoisotopic (exact) mass is 384 g/mol. The average molecular weight is 385 g/mol. The normalized spacial score (nSPS) is 12.0. The molecule has 0 rings (SSSR count). The van der Waals surface area contributed by atoms with Crippen LogP contribution in [0.5, 0.6) is 0 Å². The van der Waals surface area contributed by atoms with Crippen LogP contribution in [0.2, 0.25) is 19.6 Å². The van der Waals surface area contributed by atoms with Gasteiger partial charge in [-0.05, 0) is 26.1 Å². The van der Waals surface area contributed by atoms with Gasteiger partial charge in [0.05, 0.1) is 0 Å². The van der Waals surface area contributed by atoms with E-state index >= 15 is 0 Å². The van der Waals surface area contributed by atoms with Crippen LogP contribution < -0.4 is 0 Å². The zero-order valence-corrected chi connectivity index (χ0v) is 20.1. The lowest BCUT2D eigenvalue weighted by molar-refractivity contribution is 0.298. The molecule has 0 aromatic carbocycles. The number of unbranched alkanes of at least 4 members (excludes halogenated alkanes) is 18. The van der Waals surface area contributed by atoms with Gasteiger partial charge in [0, 0.05) is 6.61 Å². The lowest BCUT2D eigenvalue weighted by Crippen LogP contribution is -2.25. The first kappa shape index (κ1) is 26.2. The molecule has 0 aliphatic rings. The molecule has 0 N–H and O–H groups in total. The van der Waals surface area contributed by atoms with Gasteiger partial charge in [0.1, 0.15) is 0 Å². The Balaban J connectivity index is 3.01. The fraction of sp³-hybridized carbons (Fsp3) is 1.00. The van der Waals surface area contributed by atoms with Crippen molar-refractivity contribution in [3.8, 4) is 0 Å². The molecule has 0 aliphatic carbocycles. The molecule has 0 fully saturated rings. The van der Waals surface area contributed by atoms with Crippen LogP contribution in [0.4, 0.5) is 0 Å². The quantitative estimate of drug-likeness (QED) is 0.141. The Morgan fingerprint density at radius 1 is 0.423 bits per heavy atom. The van der Waals surface area contributed by atoms with Crippen LogP contribution in [0, 0.1) is 0 Å². The Kier molecular flexibility index (Phi) is 20.1. The lowest BCUT2D eigenvalue weighted by atomic mass is 10.0. The Hall–Kier alpha value is 0.177. The third-order valence-corrected chi connectivity index (χ3v) is 6.35. The molecule has 0 atom stereocenters. The van der Waals surface area contributed by atoms with Crippen LogP contribution in [-0.4, -0.2) is 14.9 Å². The predicted octanol–water partition coefficient (Wildman–Crippen LogP) is 9.27. The summed E-state index contributed by atoms with van der Waals surface area (Å²) < 4.78 is 5.90. The maximum Gasteiger partial charge on any atom is 0.183 e. The van der Waals surface area contributed by atoms with Gasteiger partial charge in [-0.15, -0.1) is 0 Å². The van der Waals surface area contributed by atoms with Crippen molar-refractivity contribution < 1.29 is 4.43 Å². The summed E-state index contributed by atoms with van der Waals surface area (Å²) in [4.78, 5) is 0. The molecule has 0 radical (unpaired) electrons. The zero-order chi connectivity index (χ0) is 19.3. The van der Waals surface area contributed by atoms with E-state index in [1.165, 1.54) is 122 Å². The molecule has 0 unspecified atom stereocenters. The number of hydrogen-bond acceptors (Lipinski definition) is 1. The first-order chi connectivity index (χ1) is 12.6. The minimum absolute atomic E-state index is 0.995. The maximum atomic E-state index is 5.90. The van der Waals surface area contributed by atoms with Crippen molar-refractivity contribution in [2.45, 2.75) is 149 Å². The van der Waals surface area contributed by atoms with E-state index in [4.69, 9.17) is 4.43 Å². The molecule has 1 nitrogen and oxygen atoms in total. The SMILES string of the molecule is CCCCCCCCCCCCCCCCCCCCCO[Si](C)(C)C. The third-order valence-electron chi connectivity index (χ3n) is 5.28. The van der Waals surface area contributed by atoms with E-state index in [1.54, 1.807) is 0 Å². The molecule has 0 heterocycles. The second-order valence-corrected chi connectivity index (χ2v) is 13.8. The summed E-state index contributed by atoms with van der Waals surface area (Å²) >= 11 is 0. The molecule has 0 spiro atoms. The average Bonchev–Trinajstić information content (AvgIpc) is 2.59. The minimum atomic E-state index is -1.27. The highest BCUT2D eigenvalue weighted by molar-refractivity contribution is 6.69. The molecule has 26 heavy (non-hydrogen) atoms. The zero-order valence-electron chi connectivity index (χ0n) is 19.1. The van der Waals surface area contributed by atoms with E-state index in [9.17, 15) is 0 Å². The summed E-state index contributed by atoms with van der Waals surface area (Å²) in [6.45, 7) is 10.1. The predicted molar refractivity (Wildman–Crippen MR) is 123 cm³/mol. The van der Waals surface area contributed by atoms with E-state index in [0.717, 1.165) is 6.61 Å². The first-order valence-electron chi connectivity index (χ1n) is 12.2. The van der Waals surface area contributed by atoms with Gasteiger partial charge < -0.3 is 4.43 Å². The van der Waals surface area contributed by atoms with Crippen molar-refractivity contribution in [1.29, 1.82) is 0 Å². The highest BCUT2D eigenvalue weighted by Gasteiger charge is 2.12. The molecule has 0 aromatic heterocycles. The van der Waals surface area contributed by atoms with Crippen LogP contribution in [0.3, 0.4) is 0 Å². The highest BCUT2D eigenvalue weighted by Crippen LogP contribution is 2.14. The molecule has 0 aromatic rings. The van der Waals surface area contributed by atoms with Crippen molar-refractivity contribution in [2.75, 3.05) is 6.61 Å². The Bertz CT molecular complexity index is 259. The van der Waals surface area contributed by atoms with E-state index in [-0.39, 0.29) is 0 Å². The molecular weight excluding hydrogens is 332 g/mol. The smallest absolute Gasteiger partial charge is 0.183 e. The summed E-state index contributed by atoms with van der Waals surface area (Å²) in [5.74, 6) is 0. The molecule has 0 bridgehead atoms. The van der Waals surface area contributed by atoms with Crippen molar-refractivity contribution in [1.82, 2.24) is 0 Å². The van der Waals surface area contributed by atoms with E-state index < -0.39 is 8.32 Å². The molecule has 0 aliphatic heterocycles. The Morgan fingerprint density at radius 3 is 0.962 bits per heavy atom. The summed E-state index contributed by atoms with van der Waals surface area (Å²) in [5, 5.41) is 0. The standard InChI is InChI=1S/C24H52OSi/c1-5-6-7-8-9-10-11-12-13-14-15-16-17-18-19-20-21-22-23-24-25-26(2,3)4/h5-24H2,1-4H3. The van der Waals surface area contributed by atoms with Crippen LogP contribution in [-0.2, 0) is 4.43 Å². The van der Waals surface area contributed by atoms with Gasteiger partial charge in [-0.1, -0.05) is 122 Å². The van der Waals surface area contributed by atoms with Crippen LogP contribution in [0.1, 0.15) is 129 Å². The molecule has 0 saturated heterocycles. The summed E-state index contributed by atoms with van der Waals surface area (Å²) in [5.41, 5.74) is 0. The largest absolute Gasteiger partial charge is 0.418 e. The van der Waals surface area contributed by atoms with Gasteiger partial charge in [-0.25, -0.2) is 0 Å². The molecule has 0 amide bonds. The minimum Gasteiger partial charge on any atom is -0.418 e. The fourth-order valence-corrected chi connectivity index (χ4v) is 4.32. The van der Waals surface area contributed by atoms with Gasteiger partial charge in [-0.2, -0.15) is 0 Å². The van der Waals surface area contributed by atoms with E-state index in [2.05, 4.69) is 26.6 Å². The van der Waals surface area contributed by atoms with E-state index in [0.29, 0.717) is 0 Å². The number of rotatable bonds is 21. The van der Waals surface area contributed by atoms with Gasteiger partial charge in [-0.3, -0.25) is 0 Å². The van der Waals surface area contributed by atoms with Gasteiger partial charge in [0.2, 0.25) is 0 Å². The summed E-state index contributed by atoms with van der Waals surface area (Å²) in [6, 6.07) is 0. The van der Waals surface area contributed by atoms with Gasteiger partial charge in [0.25, 0.3) is 0 Å². The molecule has 2 heteroatoms. The summed E-state index contributed by atoms with van der Waals surface area (Å²) in [6.07, 6.45) is 27.4. The molecular formula is C24H52OSi. The van der Waals surface area contributed by atoms with Gasteiger partial charge >= 0.3 is 0 Å². The Labute approximate surface area is 168 Å². The third kappa shape index (κ3) is 24.2. The van der Waals surface area contributed by atoms with Crippen LogP contribution in [0.25, 0.3) is 0 Å². The number of hydrogen-bond donors (Lipinski definition) is 0. The van der Waals surface area contributed by atoms with Crippen molar-refractivity contribution >= 4 is 8.32 Å². The van der Waals surface area contributed by atoms with Crippen molar-refractivity contribution in [3.63, 3.8) is 0 Å². The second kappa shape index (κ2) is 19.9. The highest BCUT2D eigenvalue weighted by atomic mass is 28.4. The topological polar surface area (TPSA) is 9.23 Å².